The number of ether oxygens (including phenoxy) is 1. The van der Waals surface area contributed by atoms with E-state index in [1.165, 1.54) is 30.2 Å². The van der Waals surface area contributed by atoms with E-state index in [2.05, 4.69) is 36.9 Å². The lowest BCUT2D eigenvalue weighted by Crippen LogP contribution is -2.42. The third-order valence-electron chi connectivity index (χ3n) is 5.73. The van der Waals surface area contributed by atoms with E-state index in [4.69, 9.17) is 5.73 Å². The largest absolute Gasteiger partial charge is 0.468 e. The molecule has 1 aromatic heterocycles. The smallest absolute Gasteiger partial charge is 0.316 e. The Bertz CT molecular complexity index is 1280. The molecule has 2 N–H and O–H groups in total. The average molecular weight is 560 g/mol. The molecule has 0 fully saturated rings. The van der Waals surface area contributed by atoms with Crippen LogP contribution in [0.25, 0.3) is 0 Å². The lowest BCUT2D eigenvalue weighted by atomic mass is 9.69. The van der Waals surface area contributed by atoms with Gasteiger partial charge in [0.05, 0.1) is 30.4 Å². The fraction of sp³-hybridized carbons (Fsp3) is 0.348. The van der Waals surface area contributed by atoms with Crippen LogP contribution in [0.1, 0.15) is 38.2 Å². The van der Waals surface area contributed by atoms with Crippen molar-refractivity contribution in [3.63, 3.8) is 0 Å². The van der Waals surface area contributed by atoms with Crippen molar-refractivity contribution in [1.29, 1.82) is 5.26 Å². The van der Waals surface area contributed by atoms with Crippen molar-refractivity contribution >= 4 is 55.9 Å². The molecule has 2 heterocycles. The summed E-state index contributed by atoms with van der Waals surface area (Å²) < 4.78 is 6.04. The molecular weight excluding hydrogens is 538 g/mol. The topological polar surface area (TPSA) is 122 Å². The molecule has 0 bridgehead atoms. The number of Topliss-reactive ketones (excluding diaryl/α,β-unsaturated/α-hetero) is 1. The summed E-state index contributed by atoms with van der Waals surface area (Å²) in [7, 11) is 1.33. The number of esters is 1. The minimum atomic E-state index is -0.573. The second-order valence-electron chi connectivity index (χ2n) is 8.72. The molecule has 0 saturated carbocycles. The standard InChI is InChI=1S/C23H22BrN5O3S2/c1-23(2)8-15-19(16(30)9-23)18(12-6-4-5-7-14(12)24)13(10-25)20(26)29(15)21-27-28-22(34-21)33-11-17(31)32-3/h4-7,18H,8-9,11,26H2,1-3H3. The summed E-state index contributed by atoms with van der Waals surface area (Å²) >= 11 is 6.04. The number of nitrogens with two attached hydrogens (primary N) is 1. The number of hydrogen-bond donors (Lipinski definition) is 1. The molecule has 0 radical (unpaired) electrons. The van der Waals surface area contributed by atoms with Gasteiger partial charge in [-0.05, 0) is 23.5 Å². The highest BCUT2D eigenvalue weighted by atomic mass is 79.9. The number of anilines is 1. The van der Waals surface area contributed by atoms with Gasteiger partial charge in [-0.15, -0.1) is 10.2 Å². The summed E-state index contributed by atoms with van der Waals surface area (Å²) in [6.45, 7) is 4.08. The van der Waals surface area contributed by atoms with Gasteiger partial charge in [-0.1, -0.05) is 71.1 Å². The van der Waals surface area contributed by atoms with Crippen LogP contribution in [0.5, 0.6) is 0 Å². The number of aromatic nitrogens is 2. The number of hydrogen-bond acceptors (Lipinski definition) is 10. The summed E-state index contributed by atoms with van der Waals surface area (Å²) in [5, 5.41) is 19.1. The minimum absolute atomic E-state index is 0.0120. The summed E-state index contributed by atoms with van der Waals surface area (Å²) in [5.41, 5.74) is 8.73. The van der Waals surface area contributed by atoms with Crippen LogP contribution in [0.4, 0.5) is 5.13 Å². The highest BCUT2D eigenvalue weighted by molar-refractivity contribution is 9.10. The molecule has 1 aliphatic heterocycles. The Kier molecular flexibility index (Phi) is 6.85. The van der Waals surface area contributed by atoms with E-state index in [0.717, 1.165) is 15.7 Å². The molecule has 34 heavy (non-hydrogen) atoms. The van der Waals surface area contributed by atoms with Crippen molar-refractivity contribution in [3.05, 3.63) is 57.0 Å². The van der Waals surface area contributed by atoms with Crippen molar-refractivity contribution in [2.75, 3.05) is 17.8 Å². The van der Waals surface area contributed by atoms with Gasteiger partial charge in [0, 0.05) is 22.2 Å². The first-order valence-corrected chi connectivity index (χ1v) is 13.0. The quantitative estimate of drug-likeness (QED) is 0.416. The number of benzene rings is 1. The number of allylic oxidation sites excluding steroid dienone is 3. The second-order valence-corrected chi connectivity index (χ2v) is 11.8. The van der Waals surface area contributed by atoms with E-state index < -0.39 is 5.92 Å². The van der Waals surface area contributed by atoms with Crippen LogP contribution >= 0.6 is 39.0 Å². The number of nitriles is 1. The molecule has 0 amide bonds. The summed E-state index contributed by atoms with van der Waals surface area (Å²) in [4.78, 5) is 26.7. The maximum atomic E-state index is 13.5. The average Bonchev–Trinajstić information content (AvgIpc) is 3.24. The van der Waals surface area contributed by atoms with Crippen molar-refractivity contribution < 1.29 is 14.3 Å². The molecular formula is C23H22BrN5O3S2. The first-order valence-electron chi connectivity index (χ1n) is 10.4. The first-order chi connectivity index (χ1) is 16.2. The van der Waals surface area contributed by atoms with E-state index in [0.29, 0.717) is 27.9 Å². The highest BCUT2D eigenvalue weighted by Crippen LogP contribution is 2.51. The second kappa shape index (κ2) is 9.52. The zero-order valence-corrected chi connectivity index (χ0v) is 22.0. The fourth-order valence-corrected chi connectivity index (χ4v) is 6.51. The van der Waals surface area contributed by atoms with Crippen LogP contribution in [-0.2, 0) is 14.3 Å². The van der Waals surface area contributed by atoms with Gasteiger partial charge in [-0.2, -0.15) is 5.26 Å². The van der Waals surface area contributed by atoms with Gasteiger partial charge in [0.1, 0.15) is 5.82 Å². The maximum Gasteiger partial charge on any atom is 0.316 e. The number of thioether (sulfide) groups is 1. The number of halogens is 1. The highest BCUT2D eigenvalue weighted by Gasteiger charge is 2.45. The molecule has 0 saturated heterocycles. The van der Waals surface area contributed by atoms with Crippen LogP contribution in [0.2, 0.25) is 0 Å². The molecule has 1 unspecified atom stereocenters. The van der Waals surface area contributed by atoms with Crippen molar-refractivity contribution in [1.82, 2.24) is 10.2 Å². The molecule has 176 valence electrons. The molecule has 2 aromatic rings. The van der Waals surface area contributed by atoms with E-state index in [-0.39, 0.29) is 34.3 Å². The normalized spacial score (nSPS) is 19.7. The van der Waals surface area contributed by atoms with Gasteiger partial charge in [0.15, 0.2) is 10.1 Å². The Labute approximate surface area is 214 Å². The maximum absolute atomic E-state index is 13.5. The molecule has 8 nitrogen and oxygen atoms in total. The van der Waals surface area contributed by atoms with Crippen LogP contribution in [0.15, 0.2) is 55.7 Å². The van der Waals surface area contributed by atoms with Crippen LogP contribution in [0.3, 0.4) is 0 Å². The zero-order valence-electron chi connectivity index (χ0n) is 18.8. The number of rotatable bonds is 5. The Balaban J connectivity index is 1.87. The zero-order chi connectivity index (χ0) is 24.6. The third kappa shape index (κ3) is 4.50. The van der Waals surface area contributed by atoms with Gasteiger partial charge in [-0.25, -0.2) is 0 Å². The lowest BCUT2D eigenvalue weighted by Gasteiger charge is -2.42. The van der Waals surface area contributed by atoms with Gasteiger partial charge in [0.25, 0.3) is 0 Å². The molecule has 2 aliphatic rings. The Hall–Kier alpha value is -2.68. The van der Waals surface area contributed by atoms with Crippen LogP contribution in [-0.4, -0.2) is 34.8 Å². The SMILES string of the molecule is COC(=O)CSc1nnc(N2C(N)=C(C#N)C(c3ccccc3Br)C3=C2CC(C)(C)CC3=O)s1. The Morgan fingerprint density at radius 3 is 2.79 bits per heavy atom. The number of methoxy groups -OCH3 is 1. The van der Waals surface area contributed by atoms with Crippen molar-refractivity contribution in [2.45, 2.75) is 36.9 Å². The molecule has 1 atom stereocenters. The first kappa shape index (κ1) is 24.4. The number of nitrogens with zero attached hydrogens (tertiary/aromatic N) is 4. The van der Waals surface area contributed by atoms with Gasteiger partial charge in [0.2, 0.25) is 5.13 Å². The van der Waals surface area contributed by atoms with E-state index in [1.54, 1.807) is 4.90 Å². The van der Waals surface area contributed by atoms with Crippen LogP contribution < -0.4 is 10.6 Å². The number of ketones is 1. The molecule has 11 heteroatoms. The summed E-state index contributed by atoms with van der Waals surface area (Å²) in [6, 6.07) is 9.81. The van der Waals surface area contributed by atoms with Gasteiger partial charge < -0.3 is 10.5 Å². The predicted molar refractivity (Wildman–Crippen MR) is 134 cm³/mol. The van der Waals surface area contributed by atoms with Gasteiger partial charge >= 0.3 is 5.97 Å². The molecule has 1 aromatic carbocycles. The van der Waals surface area contributed by atoms with E-state index in [1.807, 2.05) is 38.1 Å². The minimum Gasteiger partial charge on any atom is -0.468 e. The predicted octanol–water partition coefficient (Wildman–Crippen LogP) is 4.51. The molecule has 4 rings (SSSR count). The third-order valence-corrected chi connectivity index (χ3v) is 8.46. The monoisotopic (exact) mass is 559 g/mol. The van der Waals surface area contributed by atoms with Crippen molar-refractivity contribution in [3.8, 4) is 6.07 Å². The summed E-state index contributed by atoms with van der Waals surface area (Å²) in [5.74, 6) is -0.623. The van der Waals surface area contributed by atoms with E-state index >= 15 is 0 Å². The Morgan fingerprint density at radius 2 is 2.12 bits per heavy atom. The fourth-order valence-electron chi connectivity index (χ4n) is 4.28. The number of carbonyl (C=O) groups excluding carboxylic acids is 2. The van der Waals surface area contributed by atoms with Crippen LogP contribution in [0, 0.1) is 16.7 Å². The van der Waals surface area contributed by atoms with E-state index in [9.17, 15) is 14.9 Å². The summed E-state index contributed by atoms with van der Waals surface area (Å²) in [6.07, 6.45) is 0.953. The van der Waals surface area contributed by atoms with Gasteiger partial charge in [-0.3, -0.25) is 14.5 Å². The molecule has 0 spiro atoms. The Morgan fingerprint density at radius 1 is 1.38 bits per heavy atom. The number of carbonyl (C=O) groups is 2. The lowest BCUT2D eigenvalue weighted by molar-refractivity contribution is -0.137. The molecule has 1 aliphatic carbocycles. The van der Waals surface area contributed by atoms with Crippen molar-refractivity contribution in [2.24, 2.45) is 11.1 Å².